The number of benzene rings is 2. The molecule has 0 saturated carbocycles. The van der Waals surface area contributed by atoms with Gasteiger partial charge in [-0.05, 0) is 44.2 Å². The van der Waals surface area contributed by atoms with E-state index >= 15 is 0 Å². The van der Waals surface area contributed by atoms with Gasteiger partial charge in [-0.25, -0.2) is 4.79 Å². The first-order valence-electron chi connectivity index (χ1n) is 11.5. The van der Waals surface area contributed by atoms with Crippen molar-refractivity contribution in [1.82, 2.24) is 0 Å². The lowest BCUT2D eigenvalue weighted by atomic mass is 10.00. The van der Waals surface area contributed by atoms with Crippen LogP contribution in [-0.4, -0.2) is 25.0 Å². The van der Waals surface area contributed by atoms with Gasteiger partial charge in [0.15, 0.2) is 5.43 Å². The third-order valence-corrected chi connectivity index (χ3v) is 5.71. The second kappa shape index (κ2) is 10.1. The molecule has 0 amide bonds. The van der Waals surface area contributed by atoms with E-state index in [1.54, 1.807) is 18.2 Å². The summed E-state index contributed by atoms with van der Waals surface area (Å²) >= 11 is 0. The molecule has 0 N–H and O–H groups in total. The standard InChI is InChI=1S/C27H25NO8/c1-5-28(6-2)27-21(25(32)19-10-9-18(33-15(3)29)13-23(19)35-27)14-20-22(34-16(4)30)11-7-17-8-12-24(31)36-26(17)20/h7-13H,5-6,14H2,1-4H3. The van der Waals surface area contributed by atoms with Crippen molar-refractivity contribution < 1.29 is 27.9 Å². The van der Waals surface area contributed by atoms with E-state index in [1.807, 2.05) is 18.7 Å². The monoisotopic (exact) mass is 491 g/mol. The molecule has 2 aromatic carbocycles. The molecule has 0 fully saturated rings. The van der Waals surface area contributed by atoms with Crippen LogP contribution in [-0.2, 0) is 16.0 Å². The molecule has 0 unspecified atom stereocenters. The van der Waals surface area contributed by atoms with Crippen LogP contribution in [0.15, 0.2) is 60.9 Å². The summed E-state index contributed by atoms with van der Waals surface area (Å²) in [5, 5.41) is 0.897. The van der Waals surface area contributed by atoms with Gasteiger partial charge < -0.3 is 23.2 Å². The number of hydrogen-bond acceptors (Lipinski definition) is 9. The fourth-order valence-corrected chi connectivity index (χ4v) is 4.12. The average Bonchev–Trinajstić information content (AvgIpc) is 2.82. The first-order valence-corrected chi connectivity index (χ1v) is 11.5. The second-order valence-corrected chi connectivity index (χ2v) is 8.12. The van der Waals surface area contributed by atoms with Crippen LogP contribution in [0, 0.1) is 0 Å². The number of esters is 2. The average molecular weight is 491 g/mol. The SMILES string of the molecule is CCN(CC)c1oc2cc(OC(C)=O)ccc2c(=O)c1Cc1c(OC(C)=O)ccc2ccc(=O)oc12. The highest BCUT2D eigenvalue weighted by atomic mass is 16.5. The Kier molecular flexibility index (Phi) is 6.91. The molecule has 2 heterocycles. The molecule has 0 aliphatic carbocycles. The number of rotatable bonds is 7. The Morgan fingerprint density at radius 2 is 1.56 bits per heavy atom. The van der Waals surface area contributed by atoms with E-state index < -0.39 is 17.6 Å². The van der Waals surface area contributed by atoms with Crippen molar-refractivity contribution in [3.05, 3.63) is 74.2 Å². The summed E-state index contributed by atoms with van der Waals surface area (Å²) in [6, 6.07) is 10.7. The Hall–Kier alpha value is -4.40. The Labute approximate surface area is 205 Å². The summed E-state index contributed by atoms with van der Waals surface area (Å²) in [7, 11) is 0. The van der Waals surface area contributed by atoms with E-state index in [4.69, 9.17) is 18.3 Å². The minimum Gasteiger partial charge on any atom is -0.440 e. The van der Waals surface area contributed by atoms with Gasteiger partial charge in [0.2, 0.25) is 5.88 Å². The van der Waals surface area contributed by atoms with Crippen molar-refractivity contribution in [2.24, 2.45) is 0 Å². The van der Waals surface area contributed by atoms with Gasteiger partial charge in [-0.3, -0.25) is 14.4 Å². The quantitative estimate of drug-likeness (QED) is 0.213. The molecule has 2 aromatic heterocycles. The summed E-state index contributed by atoms with van der Waals surface area (Å²) < 4.78 is 22.2. The number of ether oxygens (including phenoxy) is 2. The van der Waals surface area contributed by atoms with Crippen LogP contribution >= 0.6 is 0 Å². The summed E-state index contributed by atoms with van der Waals surface area (Å²) in [6.45, 7) is 7.49. The van der Waals surface area contributed by atoms with Crippen molar-refractivity contribution in [3.8, 4) is 11.5 Å². The van der Waals surface area contributed by atoms with E-state index in [1.165, 1.54) is 38.1 Å². The minimum absolute atomic E-state index is 0.0251. The highest BCUT2D eigenvalue weighted by Crippen LogP contribution is 2.33. The van der Waals surface area contributed by atoms with Crippen LogP contribution in [0.25, 0.3) is 21.9 Å². The van der Waals surface area contributed by atoms with Crippen LogP contribution in [0.1, 0.15) is 38.8 Å². The van der Waals surface area contributed by atoms with E-state index in [2.05, 4.69) is 0 Å². The van der Waals surface area contributed by atoms with E-state index in [9.17, 15) is 19.2 Å². The highest BCUT2D eigenvalue weighted by molar-refractivity contribution is 5.85. The van der Waals surface area contributed by atoms with Gasteiger partial charge in [-0.15, -0.1) is 0 Å². The van der Waals surface area contributed by atoms with E-state index in [-0.39, 0.29) is 39.9 Å². The predicted molar refractivity (Wildman–Crippen MR) is 134 cm³/mol. The zero-order valence-electron chi connectivity index (χ0n) is 20.4. The molecule has 0 aliphatic heterocycles. The predicted octanol–water partition coefficient (Wildman–Crippen LogP) is 4.19. The van der Waals surface area contributed by atoms with Gasteiger partial charge in [0.1, 0.15) is 22.7 Å². The molecular formula is C27H25NO8. The maximum atomic E-state index is 13.8. The van der Waals surface area contributed by atoms with Crippen molar-refractivity contribution in [2.45, 2.75) is 34.1 Å². The normalized spacial score (nSPS) is 11.0. The number of fused-ring (bicyclic) bond motifs is 2. The topological polar surface area (TPSA) is 116 Å². The summed E-state index contributed by atoms with van der Waals surface area (Å²) in [6.07, 6.45) is -0.0251. The Balaban J connectivity index is 1.99. The Bertz CT molecular complexity index is 1590. The van der Waals surface area contributed by atoms with Crippen LogP contribution in [0.4, 0.5) is 5.88 Å². The molecule has 0 aliphatic rings. The maximum Gasteiger partial charge on any atom is 0.336 e. The fourth-order valence-electron chi connectivity index (χ4n) is 4.12. The lowest BCUT2D eigenvalue weighted by Crippen LogP contribution is -2.26. The van der Waals surface area contributed by atoms with Gasteiger partial charge in [0.05, 0.1) is 10.9 Å². The van der Waals surface area contributed by atoms with Gasteiger partial charge in [-0.2, -0.15) is 0 Å². The van der Waals surface area contributed by atoms with Gasteiger partial charge in [-0.1, -0.05) is 0 Å². The highest BCUT2D eigenvalue weighted by Gasteiger charge is 2.23. The largest absolute Gasteiger partial charge is 0.440 e. The Morgan fingerprint density at radius 3 is 2.22 bits per heavy atom. The van der Waals surface area contributed by atoms with E-state index in [0.717, 1.165) is 0 Å². The van der Waals surface area contributed by atoms with Crippen LogP contribution in [0.2, 0.25) is 0 Å². The molecule has 0 atom stereocenters. The van der Waals surface area contributed by atoms with Gasteiger partial charge >= 0.3 is 17.6 Å². The molecule has 0 bridgehead atoms. The van der Waals surface area contributed by atoms with E-state index in [0.29, 0.717) is 35.5 Å². The smallest absolute Gasteiger partial charge is 0.336 e. The van der Waals surface area contributed by atoms with Crippen molar-refractivity contribution in [1.29, 1.82) is 0 Å². The molecule has 9 heteroatoms. The maximum absolute atomic E-state index is 13.8. The first-order chi connectivity index (χ1) is 17.2. The molecular weight excluding hydrogens is 466 g/mol. The molecule has 36 heavy (non-hydrogen) atoms. The number of anilines is 1. The van der Waals surface area contributed by atoms with Crippen LogP contribution < -0.4 is 25.4 Å². The Morgan fingerprint density at radius 1 is 0.861 bits per heavy atom. The van der Waals surface area contributed by atoms with Gasteiger partial charge in [0, 0.05) is 56.4 Å². The summed E-state index contributed by atoms with van der Waals surface area (Å²) in [5.74, 6) is -0.292. The lowest BCUT2D eigenvalue weighted by molar-refractivity contribution is -0.132. The molecule has 9 nitrogen and oxygen atoms in total. The molecule has 0 spiro atoms. The zero-order valence-corrected chi connectivity index (χ0v) is 20.4. The molecule has 0 radical (unpaired) electrons. The van der Waals surface area contributed by atoms with Crippen molar-refractivity contribution in [2.75, 3.05) is 18.0 Å². The lowest BCUT2D eigenvalue weighted by Gasteiger charge is -2.23. The molecule has 4 aromatic rings. The second-order valence-electron chi connectivity index (χ2n) is 8.12. The summed E-state index contributed by atoms with van der Waals surface area (Å²) in [4.78, 5) is 50.9. The van der Waals surface area contributed by atoms with Crippen LogP contribution in [0.5, 0.6) is 11.5 Å². The first kappa shape index (κ1) is 24.7. The summed E-state index contributed by atoms with van der Waals surface area (Å²) in [5.41, 5.74) is 0.272. The molecule has 186 valence electrons. The fraction of sp³-hybridized carbons (Fsp3) is 0.259. The third-order valence-electron chi connectivity index (χ3n) is 5.71. The number of nitrogens with zero attached hydrogens (tertiary/aromatic N) is 1. The third kappa shape index (κ3) is 4.86. The van der Waals surface area contributed by atoms with Crippen molar-refractivity contribution >= 4 is 39.8 Å². The zero-order chi connectivity index (χ0) is 26.0. The number of hydrogen-bond donors (Lipinski definition) is 0. The van der Waals surface area contributed by atoms with Crippen LogP contribution in [0.3, 0.4) is 0 Å². The number of carbonyl (C=O) groups excluding carboxylic acids is 2. The molecule has 4 rings (SSSR count). The number of carbonyl (C=O) groups is 2. The van der Waals surface area contributed by atoms with Crippen molar-refractivity contribution in [3.63, 3.8) is 0 Å². The molecule has 0 saturated heterocycles. The minimum atomic E-state index is -0.573. The van der Waals surface area contributed by atoms with Gasteiger partial charge in [0.25, 0.3) is 0 Å².